The molecule has 1 aliphatic heterocycles. The van der Waals surface area contributed by atoms with E-state index in [2.05, 4.69) is 10.2 Å². The van der Waals surface area contributed by atoms with Crippen LogP contribution in [0.3, 0.4) is 0 Å². The highest BCUT2D eigenvalue weighted by Crippen LogP contribution is 2.21. The average molecular weight is 249 g/mol. The van der Waals surface area contributed by atoms with Gasteiger partial charge < -0.3 is 10.2 Å². The Morgan fingerprint density at radius 3 is 2.72 bits per heavy atom. The van der Waals surface area contributed by atoms with Crippen molar-refractivity contribution in [3.05, 3.63) is 33.9 Å². The first-order chi connectivity index (χ1) is 8.66. The van der Waals surface area contributed by atoms with Crippen LogP contribution in [0.4, 0.5) is 11.4 Å². The molecular weight excluding hydrogens is 230 g/mol. The lowest BCUT2D eigenvalue weighted by Gasteiger charge is -2.15. The molecule has 5 heteroatoms. The summed E-state index contributed by atoms with van der Waals surface area (Å²) >= 11 is 0. The first-order valence-electron chi connectivity index (χ1n) is 6.38. The molecule has 1 aliphatic rings. The van der Waals surface area contributed by atoms with Crippen molar-refractivity contribution in [1.29, 1.82) is 0 Å². The molecule has 1 N–H and O–H groups in total. The lowest BCUT2D eigenvalue weighted by atomic mass is 10.2. The molecule has 0 spiro atoms. The number of nitrogens with zero attached hydrogens (tertiary/aromatic N) is 2. The summed E-state index contributed by atoms with van der Waals surface area (Å²) in [5.74, 6) is 0. The second-order valence-electron chi connectivity index (χ2n) is 4.73. The number of likely N-dealkylation sites (tertiary alicyclic amines) is 1. The van der Waals surface area contributed by atoms with Gasteiger partial charge in [0, 0.05) is 30.4 Å². The van der Waals surface area contributed by atoms with Gasteiger partial charge in [-0.15, -0.1) is 0 Å². The molecule has 1 aromatic rings. The van der Waals surface area contributed by atoms with Crippen LogP contribution in [0.15, 0.2) is 18.2 Å². The molecular formula is C13H19N3O2. The third-order valence-electron chi connectivity index (χ3n) is 3.35. The summed E-state index contributed by atoms with van der Waals surface area (Å²) < 4.78 is 0. The van der Waals surface area contributed by atoms with Crippen molar-refractivity contribution in [2.75, 3.05) is 31.5 Å². The van der Waals surface area contributed by atoms with Gasteiger partial charge in [-0.3, -0.25) is 10.1 Å². The normalized spacial score (nSPS) is 15.8. The number of nitro groups is 1. The van der Waals surface area contributed by atoms with Gasteiger partial charge in [-0.05, 0) is 45.0 Å². The van der Waals surface area contributed by atoms with Gasteiger partial charge in [-0.2, -0.15) is 0 Å². The quantitative estimate of drug-likeness (QED) is 0.643. The predicted molar refractivity (Wildman–Crippen MR) is 72.0 cm³/mol. The van der Waals surface area contributed by atoms with Gasteiger partial charge in [0.25, 0.3) is 5.69 Å². The number of aryl methyl sites for hydroxylation is 1. The Morgan fingerprint density at radius 1 is 1.39 bits per heavy atom. The summed E-state index contributed by atoms with van der Waals surface area (Å²) in [6, 6.07) is 5.17. The molecule has 0 bridgehead atoms. The molecule has 2 rings (SSSR count). The van der Waals surface area contributed by atoms with Gasteiger partial charge in [0.15, 0.2) is 0 Å². The zero-order valence-electron chi connectivity index (χ0n) is 10.7. The zero-order valence-corrected chi connectivity index (χ0v) is 10.7. The Morgan fingerprint density at radius 2 is 2.11 bits per heavy atom. The van der Waals surface area contributed by atoms with Crippen LogP contribution in [-0.4, -0.2) is 36.0 Å². The van der Waals surface area contributed by atoms with E-state index in [0.29, 0.717) is 5.56 Å². The van der Waals surface area contributed by atoms with Crippen molar-refractivity contribution in [1.82, 2.24) is 4.90 Å². The Labute approximate surface area is 107 Å². The van der Waals surface area contributed by atoms with Crippen LogP contribution in [0.2, 0.25) is 0 Å². The molecule has 1 fully saturated rings. The van der Waals surface area contributed by atoms with Gasteiger partial charge in [0.1, 0.15) is 0 Å². The Balaban J connectivity index is 1.85. The number of anilines is 1. The fourth-order valence-electron chi connectivity index (χ4n) is 2.33. The Kier molecular flexibility index (Phi) is 4.15. The summed E-state index contributed by atoms with van der Waals surface area (Å²) in [6.45, 7) is 6.08. The van der Waals surface area contributed by atoms with Gasteiger partial charge in [0.05, 0.1) is 4.92 Å². The number of nitro benzene ring substituents is 1. The second kappa shape index (κ2) is 5.82. The molecule has 1 aromatic carbocycles. The molecule has 0 aromatic heterocycles. The minimum Gasteiger partial charge on any atom is -0.384 e. The van der Waals surface area contributed by atoms with Crippen LogP contribution in [0.1, 0.15) is 18.4 Å². The maximum atomic E-state index is 10.7. The largest absolute Gasteiger partial charge is 0.384 e. The lowest BCUT2D eigenvalue weighted by molar-refractivity contribution is -0.385. The van der Waals surface area contributed by atoms with Crippen LogP contribution in [0.5, 0.6) is 0 Å². The number of hydrogen-bond donors (Lipinski definition) is 1. The summed E-state index contributed by atoms with van der Waals surface area (Å²) in [5, 5.41) is 14.0. The highest BCUT2D eigenvalue weighted by Gasteiger charge is 2.11. The molecule has 1 heterocycles. The van der Waals surface area contributed by atoms with Crippen LogP contribution in [0.25, 0.3) is 0 Å². The molecule has 5 nitrogen and oxygen atoms in total. The molecule has 0 amide bonds. The summed E-state index contributed by atoms with van der Waals surface area (Å²) in [5.41, 5.74) is 1.84. The van der Waals surface area contributed by atoms with Crippen LogP contribution in [-0.2, 0) is 0 Å². The van der Waals surface area contributed by atoms with E-state index < -0.39 is 0 Å². The molecule has 98 valence electrons. The van der Waals surface area contributed by atoms with Crippen molar-refractivity contribution in [2.24, 2.45) is 0 Å². The summed E-state index contributed by atoms with van der Waals surface area (Å²) in [6.07, 6.45) is 2.60. The second-order valence-corrected chi connectivity index (χ2v) is 4.73. The number of rotatable bonds is 5. The smallest absolute Gasteiger partial charge is 0.272 e. The first kappa shape index (κ1) is 12.8. The van der Waals surface area contributed by atoms with Gasteiger partial charge in [0.2, 0.25) is 0 Å². The van der Waals surface area contributed by atoms with Gasteiger partial charge in [-0.1, -0.05) is 0 Å². The first-order valence-corrected chi connectivity index (χ1v) is 6.38. The van der Waals surface area contributed by atoms with E-state index in [1.54, 1.807) is 19.1 Å². The third-order valence-corrected chi connectivity index (χ3v) is 3.35. The van der Waals surface area contributed by atoms with Crippen molar-refractivity contribution >= 4 is 11.4 Å². The summed E-state index contributed by atoms with van der Waals surface area (Å²) in [4.78, 5) is 12.8. The summed E-state index contributed by atoms with van der Waals surface area (Å²) in [7, 11) is 0. The van der Waals surface area contributed by atoms with Crippen LogP contribution >= 0.6 is 0 Å². The van der Waals surface area contributed by atoms with Gasteiger partial charge >= 0.3 is 0 Å². The van der Waals surface area contributed by atoms with Crippen molar-refractivity contribution in [2.45, 2.75) is 19.8 Å². The standard InChI is InChI=1S/C13H19N3O2/c1-11-10-12(4-5-13(11)16(17)18)14-6-9-15-7-2-3-8-15/h4-5,10,14H,2-3,6-9H2,1H3. The highest BCUT2D eigenvalue weighted by atomic mass is 16.6. The third kappa shape index (κ3) is 3.20. The van der Waals surface area contributed by atoms with Crippen molar-refractivity contribution in [3.8, 4) is 0 Å². The SMILES string of the molecule is Cc1cc(NCCN2CCCC2)ccc1[N+](=O)[O-]. The minimum atomic E-state index is -0.344. The minimum absolute atomic E-state index is 0.181. The fourth-order valence-corrected chi connectivity index (χ4v) is 2.33. The molecule has 0 radical (unpaired) electrons. The Hall–Kier alpha value is -1.62. The zero-order chi connectivity index (χ0) is 13.0. The van der Waals surface area contributed by atoms with Crippen LogP contribution in [0, 0.1) is 17.0 Å². The van der Waals surface area contributed by atoms with Crippen molar-refractivity contribution < 1.29 is 4.92 Å². The lowest BCUT2D eigenvalue weighted by Crippen LogP contribution is -2.25. The maximum absolute atomic E-state index is 10.7. The number of nitrogens with one attached hydrogen (secondary N) is 1. The van der Waals surface area contributed by atoms with E-state index in [9.17, 15) is 10.1 Å². The molecule has 0 unspecified atom stereocenters. The topological polar surface area (TPSA) is 58.4 Å². The number of hydrogen-bond acceptors (Lipinski definition) is 4. The van der Waals surface area contributed by atoms with E-state index in [1.165, 1.54) is 25.9 Å². The predicted octanol–water partition coefficient (Wildman–Crippen LogP) is 2.41. The van der Waals surface area contributed by atoms with Crippen LogP contribution < -0.4 is 5.32 Å². The van der Waals surface area contributed by atoms with E-state index in [0.717, 1.165) is 18.8 Å². The monoisotopic (exact) mass is 249 g/mol. The van der Waals surface area contributed by atoms with Gasteiger partial charge in [-0.25, -0.2) is 0 Å². The van der Waals surface area contributed by atoms with E-state index >= 15 is 0 Å². The van der Waals surface area contributed by atoms with E-state index in [-0.39, 0.29) is 10.6 Å². The molecule has 0 saturated carbocycles. The average Bonchev–Trinajstić information content (AvgIpc) is 2.81. The number of benzene rings is 1. The molecule has 1 saturated heterocycles. The van der Waals surface area contributed by atoms with Crippen molar-refractivity contribution in [3.63, 3.8) is 0 Å². The highest BCUT2D eigenvalue weighted by molar-refractivity contribution is 5.53. The molecule has 0 atom stereocenters. The molecule has 18 heavy (non-hydrogen) atoms. The van der Waals surface area contributed by atoms with E-state index in [1.807, 2.05) is 6.07 Å². The fraction of sp³-hybridized carbons (Fsp3) is 0.538. The molecule has 0 aliphatic carbocycles. The van der Waals surface area contributed by atoms with E-state index in [4.69, 9.17) is 0 Å². The maximum Gasteiger partial charge on any atom is 0.272 e. The Bertz CT molecular complexity index is 428.